The van der Waals surface area contributed by atoms with Crippen LogP contribution in [0.4, 0.5) is 11.4 Å². The number of carbonyl (C=O) groups is 3. The van der Waals surface area contributed by atoms with Crippen molar-refractivity contribution in [1.82, 2.24) is 5.32 Å². The van der Waals surface area contributed by atoms with Crippen molar-refractivity contribution in [2.45, 2.75) is 52.0 Å². The zero-order valence-corrected chi connectivity index (χ0v) is 14.8. The maximum Gasteiger partial charge on any atom is 0.247 e. The molecule has 134 valence electrons. The van der Waals surface area contributed by atoms with Crippen LogP contribution in [0.1, 0.15) is 45.1 Å². The predicted molar refractivity (Wildman–Crippen MR) is 96.4 cm³/mol. The summed E-state index contributed by atoms with van der Waals surface area (Å²) in [6, 6.07) is 5.14. The molecule has 2 N–H and O–H groups in total. The van der Waals surface area contributed by atoms with Gasteiger partial charge in [-0.15, -0.1) is 0 Å². The van der Waals surface area contributed by atoms with Gasteiger partial charge in [0.1, 0.15) is 6.04 Å². The second-order valence-corrected chi connectivity index (χ2v) is 6.98. The number of amides is 3. The first-order chi connectivity index (χ1) is 12.0. The van der Waals surface area contributed by atoms with Crippen molar-refractivity contribution >= 4 is 29.1 Å². The Hall–Kier alpha value is -2.37. The van der Waals surface area contributed by atoms with Gasteiger partial charge in [0.2, 0.25) is 17.7 Å². The minimum Gasteiger partial charge on any atom is -0.344 e. The molecule has 0 bridgehead atoms. The SMILES string of the molecule is CC(=O)NC(C(=O)Nc1ccc2c(c1)CCN2C(C)=O)C1CCCC1. The normalized spacial score (nSPS) is 17.9. The number of nitrogens with one attached hydrogen (secondary N) is 2. The van der Waals surface area contributed by atoms with Gasteiger partial charge in [-0.2, -0.15) is 0 Å². The van der Waals surface area contributed by atoms with Gasteiger partial charge in [-0.3, -0.25) is 14.4 Å². The number of nitrogens with zero attached hydrogens (tertiary/aromatic N) is 1. The molecule has 1 fully saturated rings. The van der Waals surface area contributed by atoms with E-state index in [1.165, 1.54) is 6.92 Å². The average Bonchev–Trinajstić information content (AvgIpc) is 3.21. The van der Waals surface area contributed by atoms with Gasteiger partial charge in [0.15, 0.2) is 0 Å². The van der Waals surface area contributed by atoms with Crippen LogP contribution in [0.5, 0.6) is 0 Å². The van der Waals surface area contributed by atoms with E-state index in [2.05, 4.69) is 10.6 Å². The van der Waals surface area contributed by atoms with Crippen LogP contribution in [0.3, 0.4) is 0 Å². The molecule has 25 heavy (non-hydrogen) atoms. The standard InChI is InChI=1S/C19H25N3O3/c1-12(23)20-18(14-5-3-4-6-14)19(25)21-16-7-8-17-15(11-16)9-10-22(17)13(2)24/h7-8,11,14,18H,3-6,9-10H2,1-2H3,(H,20,23)(H,21,25). The highest BCUT2D eigenvalue weighted by Crippen LogP contribution is 2.31. The van der Waals surface area contributed by atoms with Gasteiger partial charge in [0.05, 0.1) is 0 Å². The van der Waals surface area contributed by atoms with Crippen LogP contribution in [0.15, 0.2) is 18.2 Å². The van der Waals surface area contributed by atoms with Gasteiger partial charge >= 0.3 is 0 Å². The zero-order valence-electron chi connectivity index (χ0n) is 14.8. The lowest BCUT2D eigenvalue weighted by Crippen LogP contribution is -2.47. The van der Waals surface area contributed by atoms with E-state index < -0.39 is 6.04 Å². The van der Waals surface area contributed by atoms with Crippen molar-refractivity contribution < 1.29 is 14.4 Å². The summed E-state index contributed by atoms with van der Waals surface area (Å²) in [5.41, 5.74) is 2.69. The summed E-state index contributed by atoms with van der Waals surface area (Å²) in [6.45, 7) is 3.68. The van der Waals surface area contributed by atoms with E-state index in [0.717, 1.165) is 43.4 Å². The maximum atomic E-state index is 12.7. The number of anilines is 2. The third-order valence-electron chi connectivity index (χ3n) is 5.14. The number of hydrogen-bond donors (Lipinski definition) is 2. The van der Waals surface area contributed by atoms with Gasteiger partial charge in [-0.05, 0) is 48.9 Å². The summed E-state index contributed by atoms with van der Waals surface area (Å²) in [5, 5.41) is 5.75. The van der Waals surface area contributed by atoms with Crippen LogP contribution >= 0.6 is 0 Å². The molecule has 1 aliphatic heterocycles. The first-order valence-corrected chi connectivity index (χ1v) is 8.94. The Morgan fingerprint density at radius 1 is 1.16 bits per heavy atom. The topological polar surface area (TPSA) is 78.5 Å². The van der Waals surface area contributed by atoms with Crippen LogP contribution in [0, 0.1) is 5.92 Å². The molecule has 0 saturated heterocycles. The van der Waals surface area contributed by atoms with Crippen molar-refractivity contribution in [2.24, 2.45) is 5.92 Å². The third-order valence-corrected chi connectivity index (χ3v) is 5.14. The van der Waals surface area contributed by atoms with Crippen LogP contribution in [-0.4, -0.2) is 30.3 Å². The minimum absolute atomic E-state index is 0.0301. The summed E-state index contributed by atoms with van der Waals surface area (Å²) >= 11 is 0. The maximum absolute atomic E-state index is 12.7. The molecular formula is C19H25N3O3. The van der Waals surface area contributed by atoms with Crippen LogP contribution < -0.4 is 15.5 Å². The van der Waals surface area contributed by atoms with Crippen LogP contribution in [0.25, 0.3) is 0 Å². The fourth-order valence-electron chi connectivity index (χ4n) is 3.93. The highest BCUT2D eigenvalue weighted by atomic mass is 16.2. The summed E-state index contributed by atoms with van der Waals surface area (Å²) in [7, 11) is 0. The number of fused-ring (bicyclic) bond motifs is 1. The van der Waals surface area contributed by atoms with E-state index >= 15 is 0 Å². The molecule has 1 aromatic carbocycles. The molecule has 3 rings (SSSR count). The predicted octanol–water partition coefficient (Wildman–Crippen LogP) is 2.23. The molecule has 6 nitrogen and oxygen atoms in total. The molecule has 0 radical (unpaired) electrons. The Kier molecular flexibility index (Phi) is 5.06. The number of benzene rings is 1. The molecular weight excluding hydrogens is 318 g/mol. The minimum atomic E-state index is -0.484. The van der Waals surface area contributed by atoms with Crippen molar-refractivity contribution in [3.05, 3.63) is 23.8 Å². The molecule has 1 heterocycles. The molecule has 0 spiro atoms. The fourth-order valence-corrected chi connectivity index (χ4v) is 3.93. The van der Waals surface area contributed by atoms with Crippen LogP contribution in [0.2, 0.25) is 0 Å². The first kappa shape index (κ1) is 17.5. The van der Waals surface area contributed by atoms with Gasteiger partial charge in [0.25, 0.3) is 0 Å². The van der Waals surface area contributed by atoms with Crippen molar-refractivity contribution in [3.8, 4) is 0 Å². The molecule has 1 unspecified atom stereocenters. The van der Waals surface area contributed by atoms with Gasteiger partial charge in [-0.25, -0.2) is 0 Å². The highest BCUT2D eigenvalue weighted by Gasteiger charge is 2.31. The lowest BCUT2D eigenvalue weighted by atomic mass is 9.97. The zero-order chi connectivity index (χ0) is 18.0. The average molecular weight is 343 g/mol. The molecule has 6 heteroatoms. The molecule has 1 aromatic rings. The lowest BCUT2D eigenvalue weighted by molar-refractivity contribution is -0.126. The summed E-state index contributed by atoms with van der Waals surface area (Å²) in [5.74, 6) is -0.115. The van der Waals surface area contributed by atoms with Crippen molar-refractivity contribution in [2.75, 3.05) is 16.8 Å². The van der Waals surface area contributed by atoms with Gasteiger partial charge in [-0.1, -0.05) is 12.8 Å². The molecule has 1 aliphatic carbocycles. The van der Waals surface area contributed by atoms with Gasteiger partial charge < -0.3 is 15.5 Å². The Bertz CT molecular complexity index is 695. The van der Waals surface area contributed by atoms with E-state index in [-0.39, 0.29) is 23.6 Å². The molecule has 1 saturated carbocycles. The fraction of sp³-hybridized carbons (Fsp3) is 0.526. The monoisotopic (exact) mass is 343 g/mol. The summed E-state index contributed by atoms with van der Waals surface area (Å²) in [6.07, 6.45) is 4.93. The Labute approximate surface area is 148 Å². The van der Waals surface area contributed by atoms with E-state index in [0.29, 0.717) is 12.2 Å². The summed E-state index contributed by atoms with van der Waals surface area (Å²) in [4.78, 5) is 37.6. The Morgan fingerprint density at radius 2 is 1.88 bits per heavy atom. The van der Waals surface area contributed by atoms with E-state index in [9.17, 15) is 14.4 Å². The first-order valence-electron chi connectivity index (χ1n) is 8.94. The van der Waals surface area contributed by atoms with E-state index in [1.807, 2.05) is 18.2 Å². The molecule has 0 aromatic heterocycles. The largest absolute Gasteiger partial charge is 0.344 e. The molecule has 1 atom stereocenters. The number of rotatable bonds is 4. The van der Waals surface area contributed by atoms with E-state index in [4.69, 9.17) is 0 Å². The second kappa shape index (κ2) is 7.25. The van der Waals surface area contributed by atoms with Crippen molar-refractivity contribution in [3.63, 3.8) is 0 Å². The Balaban J connectivity index is 1.73. The van der Waals surface area contributed by atoms with Crippen molar-refractivity contribution in [1.29, 1.82) is 0 Å². The van der Waals surface area contributed by atoms with E-state index in [1.54, 1.807) is 11.8 Å². The molecule has 2 aliphatic rings. The number of hydrogen-bond acceptors (Lipinski definition) is 3. The Morgan fingerprint density at radius 3 is 2.52 bits per heavy atom. The van der Waals surface area contributed by atoms with Gasteiger partial charge in [0, 0.05) is 31.8 Å². The second-order valence-electron chi connectivity index (χ2n) is 6.98. The highest BCUT2D eigenvalue weighted by molar-refractivity contribution is 5.98. The quantitative estimate of drug-likeness (QED) is 0.880. The molecule has 3 amide bonds. The summed E-state index contributed by atoms with van der Waals surface area (Å²) < 4.78 is 0. The number of carbonyl (C=O) groups excluding carboxylic acids is 3. The third kappa shape index (κ3) is 3.83. The van der Waals surface area contributed by atoms with Crippen LogP contribution in [-0.2, 0) is 20.8 Å². The smallest absolute Gasteiger partial charge is 0.247 e. The lowest BCUT2D eigenvalue weighted by Gasteiger charge is -2.23.